The molecule has 3 heterocycles. The number of hydrogen-bond acceptors (Lipinski definition) is 7. The number of nitrogens with one attached hydrogen (secondary N) is 1. The Balaban J connectivity index is 1.50. The van der Waals surface area contributed by atoms with Crippen LogP contribution in [0.25, 0.3) is 5.52 Å². The van der Waals surface area contributed by atoms with Gasteiger partial charge in [0, 0.05) is 12.3 Å². The van der Waals surface area contributed by atoms with Gasteiger partial charge in [0.15, 0.2) is 5.82 Å². The Labute approximate surface area is 186 Å². The van der Waals surface area contributed by atoms with E-state index >= 15 is 0 Å². The van der Waals surface area contributed by atoms with E-state index in [9.17, 15) is 9.90 Å². The second-order valence-electron chi connectivity index (χ2n) is 9.01. The van der Waals surface area contributed by atoms with Crippen LogP contribution in [0.1, 0.15) is 68.6 Å². The molecule has 0 bridgehead atoms. The van der Waals surface area contributed by atoms with Crippen LogP contribution >= 0.6 is 0 Å². The molecule has 4 N–H and O–H groups in total. The predicted octanol–water partition coefficient (Wildman–Crippen LogP) is 3.56. The van der Waals surface area contributed by atoms with Crippen LogP contribution in [-0.2, 0) is 11.2 Å². The molecule has 0 amide bonds. The Morgan fingerprint density at radius 3 is 2.78 bits per heavy atom. The molecule has 168 valence electrons. The zero-order valence-corrected chi connectivity index (χ0v) is 18.3. The molecule has 9 heteroatoms. The quantitative estimate of drug-likeness (QED) is 0.554. The lowest BCUT2D eigenvalue weighted by atomic mass is 9.82. The highest BCUT2D eigenvalue weighted by molar-refractivity contribution is 5.74. The minimum absolute atomic E-state index is 0.0747. The first-order chi connectivity index (χ1) is 15.4. The summed E-state index contributed by atoms with van der Waals surface area (Å²) in [6, 6.07) is 6.01. The molecule has 1 aromatic carbocycles. The van der Waals surface area contributed by atoms with Crippen molar-refractivity contribution < 1.29 is 14.6 Å². The fourth-order valence-electron chi connectivity index (χ4n) is 4.98. The van der Waals surface area contributed by atoms with Crippen molar-refractivity contribution in [1.29, 1.82) is 0 Å². The summed E-state index contributed by atoms with van der Waals surface area (Å²) in [7, 11) is 0. The summed E-state index contributed by atoms with van der Waals surface area (Å²) in [5.41, 5.74) is 10.0. The van der Waals surface area contributed by atoms with Gasteiger partial charge in [0.05, 0.1) is 29.4 Å². The van der Waals surface area contributed by atoms with Crippen LogP contribution in [0.15, 0.2) is 24.5 Å². The summed E-state index contributed by atoms with van der Waals surface area (Å²) in [6.07, 6.45) is 5.12. The van der Waals surface area contributed by atoms with Crippen molar-refractivity contribution in [2.75, 3.05) is 11.1 Å². The monoisotopic (exact) mass is 436 g/mol. The summed E-state index contributed by atoms with van der Waals surface area (Å²) < 4.78 is 7.80. The smallest absolute Gasteiger partial charge is 0.306 e. The Kier molecular flexibility index (Phi) is 5.11. The molecule has 1 unspecified atom stereocenters. The van der Waals surface area contributed by atoms with Crippen LogP contribution < -0.4 is 15.8 Å². The van der Waals surface area contributed by atoms with E-state index in [0.717, 1.165) is 47.7 Å². The van der Waals surface area contributed by atoms with Crippen molar-refractivity contribution in [3.63, 3.8) is 0 Å². The number of rotatable bonds is 5. The highest BCUT2D eigenvalue weighted by Crippen LogP contribution is 2.43. The Bertz CT molecular complexity index is 1170. The second-order valence-corrected chi connectivity index (χ2v) is 9.01. The zero-order chi connectivity index (χ0) is 22.4. The number of aromatic nitrogens is 4. The van der Waals surface area contributed by atoms with Gasteiger partial charge in [-0.1, -0.05) is 12.1 Å². The van der Waals surface area contributed by atoms with E-state index < -0.39 is 5.97 Å². The number of nitrogen functional groups attached to an aromatic ring is 1. The number of nitrogens with two attached hydrogens (primary N) is 1. The van der Waals surface area contributed by atoms with E-state index in [1.807, 2.05) is 26.0 Å². The van der Waals surface area contributed by atoms with E-state index in [4.69, 9.17) is 15.5 Å². The Morgan fingerprint density at radius 2 is 2.06 bits per heavy atom. The van der Waals surface area contributed by atoms with Crippen LogP contribution in [0.2, 0.25) is 0 Å². The van der Waals surface area contributed by atoms with E-state index in [1.54, 1.807) is 4.52 Å². The van der Waals surface area contributed by atoms with Gasteiger partial charge in [-0.05, 0) is 51.2 Å². The van der Waals surface area contributed by atoms with Gasteiger partial charge in [-0.2, -0.15) is 5.10 Å². The van der Waals surface area contributed by atoms with Crippen molar-refractivity contribution in [1.82, 2.24) is 19.6 Å². The third-order valence-electron chi connectivity index (χ3n) is 6.50. The second kappa shape index (κ2) is 7.96. The van der Waals surface area contributed by atoms with E-state index in [-0.39, 0.29) is 24.0 Å². The Morgan fingerprint density at radius 1 is 1.28 bits per heavy atom. The highest BCUT2D eigenvalue weighted by atomic mass is 16.5. The molecular weight excluding hydrogens is 408 g/mol. The van der Waals surface area contributed by atoms with Crippen LogP contribution in [-0.4, -0.2) is 36.8 Å². The molecule has 0 radical (unpaired) electrons. The minimum Gasteiger partial charge on any atom is -0.489 e. The van der Waals surface area contributed by atoms with Crippen LogP contribution in [0, 0.1) is 5.92 Å². The number of carboxylic acids is 1. The molecule has 2 aromatic heterocycles. The molecule has 1 fully saturated rings. The summed E-state index contributed by atoms with van der Waals surface area (Å²) in [5.74, 6) is 1.22. The summed E-state index contributed by atoms with van der Waals surface area (Å²) in [4.78, 5) is 20.6. The van der Waals surface area contributed by atoms with Gasteiger partial charge in [0.2, 0.25) is 0 Å². The Hall–Kier alpha value is -3.36. The average molecular weight is 437 g/mol. The first kappa shape index (κ1) is 20.5. The number of carboxylic acid groups (broad SMARTS) is 1. The fraction of sp³-hybridized carbons (Fsp3) is 0.478. The zero-order valence-electron chi connectivity index (χ0n) is 18.3. The average Bonchev–Trinajstić information content (AvgIpc) is 3.36. The normalized spacial score (nSPS) is 22.7. The van der Waals surface area contributed by atoms with Crippen molar-refractivity contribution in [3.8, 4) is 5.75 Å². The predicted molar refractivity (Wildman–Crippen MR) is 120 cm³/mol. The van der Waals surface area contributed by atoms with Crippen molar-refractivity contribution in [2.45, 2.75) is 64.0 Å². The summed E-state index contributed by atoms with van der Waals surface area (Å²) >= 11 is 0. The summed E-state index contributed by atoms with van der Waals surface area (Å²) in [6.45, 7) is 4.02. The molecule has 3 aromatic rings. The van der Waals surface area contributed by atoms with Crippen LogP contribution in [0.4, 0.5) is 11.5 Å². The molecule has 2 aliphatic rings. The highest BCUT2D eigenvalue weighted by Gasteiger charge is 2.34. The number of nitrogens with zero attached hydrogens (tertiary/aromatic N) is 4. The van der Waals surface area contributed by atoms with Gasteiger partial charge in [0.25, 0.3) is 0 Å². The number of fused-ring (bicyclic) bond motifs is 2. The number of aliphatic carboxylic acids is 1. The van der Waals surface area contributed by atoms with Crippen LogP contribution in [0.3, 0.4) is 0 Å². The van der Waals surface area contributed by atoms with E-state index in [1.165, 1.54) is 11.9 Å². The maximum atomic E-state index is 11.4. The molecule has 1 saturated carbocycles. The fourth-order valence-corrected chi connectivity index (χ4v) is 4.98. The number of benzene rings is 1. The lowest BCUT2D eigenvalue weighted by Crippen LogP contribution is -2.21. The maximum absolute atomic E-state index is 11.4. The largest absolute Gasteiger partial charge is 0.489 e. The van der Waals surface area contributed by atoms with Crippen molar-refractivity contribution in [2.24, 2.45) is 5.92 Å². The molecule has 1 aliphatic heterocycles. The first-order valence-electron chi connectivity index (χ1n) is 11.2. The number of imidazole rings is 1. The molecule has 9 nitrogen and oxygen atoms in total. The molecule has 32 heavy (non-hydrogen) atoms. The topological polar surface area (TPSA) is 128 Å². The summed E-state index contributed by atoms with van der Waals surface area (Å²) in [5, 5.41) is 17.4. The number of para-hydroxylation sites is 1. The molecule has 1 aliphatic carbocycles. The molecule has 5 rings (SSSR count). The molecule has 0 spiro atoms. The molecule has 0 saturated heterocycles. The van der Waals surface area contributed by atoms with Crippen molar-refractivity contribution >= 4 is 23.0 Å². The number of hydrogen-bond donors (Lipinski definition) is 3. The van der Waals surface area contributed by atoms with E-state index in [2.05, 4.69) is 21.5 Å². The lowest BCUT2D eigenvalue weighted by molar-refractivity contribution is -0.142. The van der Waals surface area contributed by atoms with E-state index in [0.29, 0.717) is 18.7 Å². The molecule has 1 atom stereocenters. The van der Waals surface area contributed by atoms with Gasteiger partial charge in [0.1, 0.15) is 23.4 Å². The SMILES string of the molecule is CC(C)Oc1cccc2c1NC(c1nc([C@H]3CC[C@H](C(=O)O)CC3)n3ncnc(N)c13)C2. The van der Waals surface area contributed by atoms with Gasteiger partial charge >= 0.3 is 5.97 Å². The maximum Gasteiger partial charge on any atom is 0.306 e. The van der Waals surface area contributed by atoms with Crippen molar-refractivity contribution in [3.05, 3.63) is 41.6 Å². The number of anilines is 2. The van der Waals surface area contributed by atoms with Gasteiger partial charge in [-0.3, -0.25) is 4.79 Å². The third kappa shape index (κ3) is 3.51. The standard InChI is InChI=1S/C23H28N6O3/c1-12(2)32-17-5-3-4-15-10-16(27-18(15)17)19-20-21(24)25-11-26-29(20)22(28-19)13-6-8-14(9-7-13)23(30)31/h3-5,11-14,16,27H,6-10H2,1-2H3,(H,30,31)(H2,24,25,26)/t13-,14-,16?. The number of ether oxygens (including phenoxy) is 1. The minimum atomic E-state index is -0.712. The van der Waals surface area contributed by atoms with Crippen LogP contribution in [0.5, 0.6) is 5.75 Å². The first-order valence-corrected chi connectivity index (χ1v) is 11.2. The third-order valence-corrected chi connectivity index (χ3v) is 6.50. The lowest BCUT2D eigenvalue weighted by Gasteiger charge is -2.24. The van der Waals surface area contributed by atoms with Gasteiger partial charge in [-0.25, -0.2) is 14.5 Å². The van der Waals surface area contributed by atoms with Gasteiger partial charge < -0.3 is 20.9 Å². The number of carbonyl (C=O) groups is 1. The molecular formula is C23H28N6O3. The van der Waals surface area contributed by atoms with Gasteiger partial charge in [-0.15, -0.1) is 0 Å².